The molecule has 2 rings (SSSR count). The number of aromatic nitrogens is 1. The number of nitrogens with one attached hydrogen (secondary N) is 2. The molecule has 0 aliphatic rings. The molecule has 0 saturated carbocycles. The van der Waals surface area contributed by atoms with E-state index in [1.54, 1.807) is 24.3 Å². The van der Waals surface area contributed by atoms with Crippen LogP contribution in [0.3, 0.4) is 0 Å². The van der Waals surface area contributed by atoms with Crippen molar-refractivity contribution < 1.29 is 8.42 Å². The molecule has 0 spiro atoms. The number of hydrogen-bond donors (Lipinski definition) is 2. The molecule has 0 radical (unpaired) electrons. The van der Waals surface area contributed by atoms with Gasteiger partial charge in [0.15, 0.2) is 0 Å². The zero-order chi connectivity index (χ0) is 15.5. The van der Waals surface area contributed by atoms with Crippen molar-refractivity contribution in [1.82, 2.24) is 4.98 Å². The number of anilines is 2. The summed E-state index contributed by atoms with van der Waals surface area (Å²) in [4.78, 5) is 4.26. The smallest absolute Gasteiger partial charge is 0.261 e. The van der Waals surface area contributed by atoms with Crippen LogP contribution in [0, 0.1) is 0 Å². The molecule has 0 fully saturated rings. The Morgan fingerprint density at radius 1 is 1.19 bits per heavy atom. The van der Waals surface area contributed by atoms with E-state index in [4.69, 9.17) is 11.6 Å². The van der Waals surface area contributed by atoms with Crippen molar-refractivity contribution in [3.8, 4) is 0 Å². The van der Waals surface area contributed by atoms with Crippen LogP contribution in [-0.4, -0.2) is 19.4 Å². The molecule has 0 aliphatic heterocycles. The van der Waals surface area contributed by atoms with Crippen LogP contribution in [0.15, 0.2) is 47.5 Å². The van der Waals surface area contributed by atoms with E-state index in [1.165, 1.54) is 18.3 Å². The van der Waals surface area contributed by atoms with Crippen molar-refractivity contribution in [2.45, 2.75) is 24.8 Å². The van der Waals surface area contributed by atoms with E-state index in [-0.39, 0.29) is 10.9 Å². The normalized spacial score (nSPS) is 11.4. The molecule has 21 heavy (non-hydrogen) atoms. The Bertz CT molecular complexity index is 715. The summed E-state index contributed by atoms with van der Waals surface area (Å²) in [6.45, 7) is 3.99. The van der Waals surface area contributed by atoms with Gasteiger partial charge < -0.3 is 5.32 Å². The lowest BCUT2D eigenvalue weighted by atomic mass is 10.3. The molecule has 0 bridgehead atoms. The van der Waals surface area contributed by atoms with Gasteiger partial charge in [0.1, 0.15) is 5.82 Å². The van der Waals surface area contributed by atoms with Gasteiger partial charge in [0.2, 0.25) is 0 Å². The largest absolute Gasteiger partial charge is 0.368 e. The first-order chi connectivity index (χ1) is 9.87. The molecule has 0 unspecified atom stereocenters. The number of halogens is 1. The summed E-state index contributed by atoms with van der Waals surface area (Å²) in [5, 5.41) is 3.50. The molecular formula is C14H16ClN3O2S. The predicted octanol–water partition coefficient (Wildman–Crippen LogP) is 3.36. The maximum absolute atomic E-state index is 12.2. The summed E-state index contributed by atoms with van der Waals surface area (Å²) < 4.78 is 26.9. The fraction of sp³-hybridized carbons (Fsp3) is 0.214. The Kier molecular flexibility index (Phi) is 4.69. The molecule has 2 aromatic rings. The van der Waals surface area contributed by atoms with Crippen LogP contribution in [0.25, 0.3) is 0 Å². The standard InChI is InChI=1S/C14H16ClN3O2S/c1-10(2)17-14-7-6-12(9-16-14)18-21(19,20)13-5-3-4-11(15)8-13/h3-10,18H,1-2H3,(H,16,17). The highest BCUT2D eigenvalue weighted by Gasteiger charge is 2.14. The van der Waals surface area contributed by atoms with Gasteiger partial charge in [-0.05, 0) is 44.2 Å². The van der Waals surface area contributed by atoms with Crippen LogP contribution in [0.4, 0.5) is 11.5 Å². The predicted molar refractivity (Wildman–Crippen MR) is 85.3 cm³/mol. The van der Waals surface area contributed by atoms with Gasteiger partial charge in [-0.2, -0.15) is 0 Å². The van der Waals surface area contributed by atoms with Crippen LogP contribution in [0.2, 0.25) is 5.02 Å². The van der Waals surface area contributed by atoms with Crippen molar-refractivity contribution in [3.05, 3.63) is 47.6 Å². The first-order valence-electron chi connectivity index (χ1n) is 6.38. The van der Waals surface area contributed by atoms with Crippen LogP contribution >= 0.6 is 11.6 Å². The summed E-state index contributed by atoms with van der Waals surface area (Å²) in [5.74, 6) is 0.690. The highest BCUT2D eigenvalue weighted by molar-refractivity contribution is 7.92. The lowest BCUT2D eigenvalue weighted by Crippen LogP contribution is -2.14. The third-order valence-electron chi connectivity index (χ3n) is 2.56. The number of sulfonamides is 1. The highest BCUT2D eigenvalue weighted by atomic mass is 35.5. The van der Waals surface area contributed by atoms with Gasteiger partial charge in [-0.1, -0.05) is 17.7 Å². The van der Waals surface area contributed by atoms with Crippen LogP contribution < -0.4 is 10.0 Å². The van der Waals surface area contributed by atoms with Crippen molar-refractivity contribution in [3.63, 3.8) is 0 Å². The molecular weight excluding hydrogens is 310 g/mol. The highest BCUT2D eigenvalue weighted by Crippen LogP contribution is 2.19. The average Bonchev–Trinajstić information content (AvgIpc) is 2.40. The van der Waals surface area contributed by atoms with Crippen LogP contribution in [-0.2, 0) is 10.0 Å². The Morgan fingerprint density at radius 2 is 1.95 bits per heavy atom. The Hall–Kier alpha value is -1.79. The molecule has 1 aromatic heterocycles. The second kappa shape index (κ2) is 6.32. The Morgan fingerprint density at radius 3 is 2.52 bits per heavy atom. The minimum absolute atomic E-state index is 0.111. The minimum atomic E-state index is -3.67. The molecule has 0 aliphatic carbocycles. The third kappa shape index (κ3) is 4.34. The summed E-state index contributed by atoms with van der Waals surface area (Å²) in [6, 6.07) is 9.71. The molecule has 112 valence electrons. The summed E-state index contributed by atoms with van der Waals surface area (Å²) >= 11 is 5.81. The summed E-state index contributed by atoms with van der Waals surface area (Å²) in [6.07, 6.45) is 1.47. The van der Waals surface area contributed by atoms with Crippen LogP contribution in [0.1, 0.15) is 13.8 Å². The lowest BCUT2D eigenvalue weighted by molar-refractivity contribution is 0.601. The van der Waals surface area contributed by atoms with E-state index in [0.717, 1.165) is 0 Å². The topological polar surface area (TPSA) is 71.1 Å². The van der Waals surface area contributed by atoms with E-state index in [2.05, 4.69) is 15.0 Å². The molecule has 0 atom stereocenters. The van der Waals surface area contributed by atoms with Crippen molar-refractivity contribution in [2.24, 2.45) is 0 Å². The van der Waals surface area contributed by atoms with E-state index < -0.39 is 10.0 Å². The van der Waals surface area contributed by atoms with E-state index in [0.29, 0.717) is 16.5 Å². The molecule has 7 heteroatoms. The molecule has 1 aromatic carbocycles. The van der Waals surface area contributed by atoms with Gasteiger partial charge in [-0.25, -0.2) is 13.4 Å². The van der Waals surface area contributed by atoms with E-state index >= 15 is 0 Å². The first kappa shape index (κ1) is 15.6. The zero-order valence-electron chi connectivity index (χ0n) is 11.7. The van der Waals surface area contributed by atoms with Crippen molar-refractivity contribution in [2.75, 3.05) is 10.0 Å². The van der Waals surface area contributed by atoms with Crippen molar-refractivity contribution >= 4 is 33.1 Å². The summed E-state index contributed by atoms with van der Waals surface area (Å²) in [5.41, 5.74) is 0.393. The Labute approximate surface area is 129 Å². The monoisotopic (exact) mass is 325 g/mol. The second-order valence-corrected chi connectivity index (χ2v) is 6.91. The van der Waals surface area contributed by atoms with Gasteiger partial charge in [-0.15, -0.1) is 0 Å². The maximum atomic E-state index is 12.2. The van der Waals surface area contributed by atoms with E-state index in [9.17, 15) is 8.42 Å². The summed E-state index contributed by atoms with van der Waals surface area (Å²) in [7, 11) is -3.67. The second-order valence-electron chi connectivity index (χ2n) is 4.79. The maximum Gasteiger partial charge on any atom is 0.261 e. The quantitative estimate of drug-likeness (QED) is 0.884. The van der Waals surface area contributed by atoms with Gasteiger partial charge in [-0.3, -0.25) is 4.72 Å². The molecule has 2 N–H and O–H groups in total. The molecule has 5 nitrogen and oxygen atoms in total. The van der Waals surface area contributed by atoms with Gasteiger partial charge in [0.05, 0.1) is 16.8 Å². The average molecular weight is 326 g/mol. The van der Waals surface area contributed by atoms with Gasteiger partial charge in [0, 0.05) is 11.1 Å². The van der Waals surface area contributed by atoms with Crippen LogP contribution in [0.5, 0.6) is 0 Å². The Balaban J connectivity index is 2.17. The molecule has 0 amide bonds. The fourth-order valence-corrected chi connectivity index (χ4v) is 3.03. The number of nitrogens with zero attached hydrogens (tertiary/aromatic N) is 1. The van der Waals surface area contributed by atoms with E-state index in [1.807, 2.05) is 13.8 Å². The molecule has 0 saturated heterocycles. The number of rotatable bonds is 5. The lowest BCUT2D eigenvalue weighted by Gasteiger charge is -2.11. The minimum Gasteiger partial charge on any atom is -0.368 e. The number of pyridine rings is 1. The fourth-order valence-electron chi connectivity index (χ4n) is 1.68. The van der Waals surface area contributed by atoms with Crippen molar-refractivity contribution in [1.29, 1.82) is 0 Å². The first-order valence-corrected chi connectivity index (χ1v) is 8.24. The molecule has 1 heterocycles. The third-order valence-corrected chi connectivity index (χ3v) is 4.17. The zero-order valence-corrected chi connectivity index (χ0v) is 13.2. The van der Waals surface area contributed by atoms with Gasteiger partial charge in [0.25, 0.3) is 10.0 Å². The van der Waals surface area contributed by atoms with Gasteiger partial charge >= 0.3 is 0 Å². The number of hydrogen-bond acceptors (Lipinski definition) is 4. The SMILES string of the molecule is CC(C)Nc1ccc(NS(=O)(=O)c2cccc(Cl)c2)cn1. The number of benzene rings is 1.